The first-order chi connectivity index (χ1) is 15.4. The Morgan fingerprint density at radius 2 is 1.88 bits per heavy atom. The molecule has 3 N–H and O–H groups in total. The quantitative estimate of drug-likeness (QED) is 0.498. The summed E-state index contributed by atoms with van der Waals surface area (Å²) in [6.45, 7) is 2.78. The first kappa shape index (κ1) is 21.4. The average Bonchev–Trinajstić information content (AvgIpc) is 3.44. The van der Waals surface area contributed by atoms with E-state index in [1.807, 2.05) is 18.2 Å². The van der Waals surface area contributed by atoms with Crippen LogP contribution in [0.1, 0.15) is 25.7 Å². The normalized spacial score (nSPS) is 17.7. The van der Waals surface area contributed by atoms with E-state index in [0.29, 0.717) is 45.6 Å². The van der Waals surface area contributed by atoms with Gasteiger partial charge in [-0.25, -0.2) is 9.97 Å². The van der Waals surface area contributed by atoms with E-state index in [2.05, 4.69) is 15.2 Å². The van der Waals surface area contributed by atoms with Gasteiger partial charge in [0.2, 0.25) is 0 Å². The molecule has 5 rings (SSSR count). The topological polar surface area (TPSA) is 104 Å². The van der Waals surface area contributed by atoms with Crippen molar-refractivity contribution in [3.05, 3.63) is 47.0 Å². The van der Waals surface area contributed by atoms with E-state index in [0.717, 1.165) is 31.5 Å². The summed E-state index contributed by atoms with van der Waals surface area (Å²) in [7, 11) is -1.15. The molecule has 8 nitrogen and oxygen atoms in total. The Morgan fingerprint density at radius 1 is 1.16 bits per heavy atom. The maximum atomic E-state index is 12.7. The maximum absolute atomic E-state index is 12.7. The molecule has 1 saturated heterocycles. The van der Waals surface area contributed by atoms with Crippen LogP contribution in [0.15, 0.2) is 46.3 Å². The number of fused-ring (bicyclic) bond motifs is 1. The second-order valence-corrected chi connectivity index (χ2v) is 11.0. The lowest BCUT2D eigenvalue weighted by atomic mass is 10.1. The number of aryl methyl sites for hydroxylation is 1. The van der Waals surface area contributed by atoms with Crippen molar-refractivity contribution in [2.24, 2.45) is 7.05 Å². The van der Waals surface area contributed by atoms with Gasteiger partial charge in [0.1, 0.15) is 11.2 Å². The molecule has 0 spiro atoms. The highest BCUT2D eigenvalue weighted by molar-refractivity contribution is 8.24. The van der Waals surface area contributed by atoms with Crippen LogP contribution < -0.4 is 10.9 Å². The number of pyridine rings is 1. The number of aromatic nitrogens is 3. The van der Waals surface area contributed by atoms with Gasteiger partial charge in [0.15, 0.2) is 0 Å². The van der Waals surface area contributed by atoms with Crippen LogP contribution in [0.25, 0.3) is 22.2 Å². The molecule has 2 aliphatic rings. The Morgan fingerprint density at radius 3 is 2.56 bits per heavy atom. The fourth-order valence-corrected chi connectivity index (χ4v) is 5.44. The highest BCUT2D eigenvalue weighted by atomic mass is 32.3. The van der Waals surface area contributed by atoms with Gasteiger partial charge in [-0.05, 0) is 57.0 Å². The summed E-state index contributed by atoms with van der Waals surface area (Å²) in [5.41, 5.74) is 2.01. The van der Waals surface area contributed by atoms with Gasteiger partial charge in [0.25, 0.3) is 5.56 Å². The van der Waals surface area contributed by atoms with Crippen molar-refractivity contribution in [2.75, 3.05) is 30.7 Å². The zero-order valence-electron chi connectivity index (χ0n) is 18.2. The Balaban J connectivity index is 1.43. The third kappa shape index (κ3) is 4.38. The standard InChI is InChI=1S/C23H29N5O3S/c1-27-15-24-20-14-19(26-22(21(20)23(27)29)25-17-6-7-17)16-4-8-18(9-5-16)32(30,31)13-12-28-10-2-3-11-28/h4-5,8-9,14-15,17,30-31H,2-3,6-7,10-13H2,1H3,(H,25,26). The summed E-state index contributed by atoms with van der Waals surface area (Å²) in [6.07, 6.45) is 6.03. The number of likely N-dealkylation sites (tertiary alicyclic amines) is 1. The van der Waals surface area contributed by atoms with Crippen molar-refractivity contribution >= 4 is 27.3 Å². The molecular formula is C23H29N5O3S. The van der Waals surface area contributed by atoms with Gasteiger partial charge >= 0.3 is 0 Å². The van der Waals surface area contributed by atoms with Gasteiger partial charge in [-0.2, -0.15) is 10.6 Å². The highest BCUT2D eigenvalue weighted by Gasteiger charge is 2.24. The predicted molar refractivity (Wildman–Crippen MR) is 129 cm³/mol. The number of benzene rings is 1. The smallest absolute Gasteiger partial charge is 0.264 e. The van der Waals surface area contributed by atoms with Crippen LogP contribution >= 0.6 is 10.6 Å². The van der Waals surface area contributed by atoms with E-state index in [1.54, 1.807) is 19.2 Å². The van der Waals surface area contributed by atoms with Crippen LogP contribution in [0.2, 0.25) is 0 Å². The molecule has 0 amide bonds. The first-order valence-corrected chi connectivity index (χ1v) is 12.8. The maximum Gasteiger partial charge on any atom is 0.264 e. The van der Waals surface area contributed by atoms with Gasteiger partial charge < -0.3 is 14.8 Å². The molecule has 3 heterocycles. The minimum atomic E-state index is -2.84. The summed E-state index contributed by atoms with van der Waals surface area (Å²) in [5.74, 6) is 0.913. The van der Waals surface area contributed by atoms with Crippen molar-refractivity contribution < 1.29 is 9.11 Å². The molecule has 2 aromatic heterocycles. The van der Waals surface area contributed by atoms with Gasteiger partial charge in [0.05, 0.1) is 28.2 Å². The number of hydrogen-bond acceptors (Lipinski definition) is 7. The van der Waals surface area contributed by atoms with Crippen LogP contribution in [0.3, 0.4) is 0 Å². The Hall–Kier alpha value is -2.46. The molecule has 3 aromatic rings. The molecule has 170 valence electrons. The molecule has 0 unspecified atom stereocenters. The Bertz CT molecular complexity index is 1180. The third-order valence-electron chi connectivity index (χ3n) is 6.24. The Kier molecular flexibility index (Phi) is 5.66. The number of nitrogens with one attached hydrogen (secondary N) is 1. The molecule has 1 aliphatic heterocycles. The molecule has 0 bridgehead atoms. The molecule has 9 heteroatoms. The number of anilines is 1. The second kappa shape index (κ2) is 8.47. The molecule has 0 radical (unpaired) electrons. The Labute approximate surface area is 188 Å². The fraction of sp³-hybridized carbons (Fsp3) is 0.435. The van der Waals surface area contributed by atoms with Gasteiger partial charge in [0, 0.05) is 25.2 Å². The summed E-state index contributed by atoms with van der Waals surface area (Å²) in [4.78, 5) is 24.7. The second-order valence-electron chi connectivity index (χ2n) is 8.77. The lowest BCUT2D eigenvalue weighted by molar-refractivity contribution is 0.353. The molecule has 0 atom stereocenters. The van der Waals surface area contributed by atoms with Crippen molar-refractivity contribution in [1.82, 2.24) is 19.4 Å². The molecule has 2 fully saturated rings. The van der Waals surface area contributed by atoms with Crippen molar-refractivity contribution in [3.8, 4) is 11.3 Å². The molecule has 1 saturated carbocycles. The van der Waals surface area contributed by atoms with Gasteiger partial charge in [-0.15, -0.1) is 0 Å². The summed E-state index contributed by atoms with van der Waals surface area (Å²) in [6, 6.07) is 9.41. The highest BCUT2D eigenvalue weighted by Crippen LogP contribution is 2.48. The number of hydrogen-bond donors (Lipinski definition) is 3. The molecule has 1 aliphatic carbocycles. The summed E-state index contributed by atoms with van der Waals surface area (Å²) < 4.78 is 22.9. The van der Waals surface area contributed by atoms with E-state index < -0.39 is 10.6 Å². The lowest BCUT2D eigenvalue weighted by Gasteiger charge is -2.34. The van der Waals surface area contributed by atoms with Crippen LogP contribution in [-0.4, -0.2) is 60.0 Å². The third-order valence-corrected chi connectivity index (χ3v) is 8.02. The van der Waals surface area contributed by atoms with Crippen molar-refractivity contribution in [3.63, 3.8) is 0 Å². The van der Waals surface area contributed by atoms with E-state index in [1.165, 1.54) is 23.7 Å². The lowest BCUT2D eigenvalue weighted by Crippen LogP contribution is -2.25. The SMILES string of the molecule is Cn1cnc2cc(-c3ccc(S(O)(O)CCN4CCCC4)cc3)nc(NC3CC3)c2c1=O. The van der Waals surface area contributed by atoms with E-state index >= 15 is 0 Å². The fourth-order valence-electron chi connectivity index (χ4n) is 4.12. The predicted octanol–water partition coefficient (Wildman–Crippen LogP) is 3.78. The zero-order chi connectivity index (χ0) is 22.3. The van der Waals surface area contributed by atoms with Crippen molar-refractivity contribution in [2.45, 2.75) is 36.6 Å². The molecular weight excluding hydrogens is 426 g/mol. The van der Waals surface area contributed by atoms with E-state index in [-0.39, 0.29) is 5.56 Å². The summed E-state index contributed by atoms with van der Waals surface area (Å²) in [5, 5.41) is 3.87. The van der Waals surface area contributed by atoms with E-state index in [9.17, 15) is 13.9 Å². The van der Waals surface area contributed by atoms with Crippen LogP contribution in [-0.2, 0) is 7.05 Å². The zero-order valence-corrected chi connectivity index (χ0v) is 19.0. The minimum absolute atomic E-state index is 0.125. The monoisotopic (exact) mass is 455 g/mol. The largest absolute Gasteiger partial charge is 0.367 e. The minimum Gasteiger partial charge on any atom is -0.367 e. The molecule has 32 heavy (non-hydrogen) atoms. The number of nitrogens with zero attached hydrogens (tertiary/aromatic N) is 4. The first-order valence-electron chi connectivity index (χ1n) is 11.1. The van der Waals surface area contributed by atoms with Gasteiger partial charge in [-0.3, -0.25) is 13.9 Å². The molecule has 1 aromatic carbocycles. The van der Waals surface area contributed by atoms with Crippen LogP contribution in [0.5, 0.6) is 0 Å². The van der Waals surface area contributed by atoms with Gasteiger partial charge in [-0.1, -0.05) is 12.1 Å². The van der Waals surface area contributed by atoms with E-state index in [4.69, 9.17) is 4.98 Å². The number of rotatable bonds is 7. The van der Waals surface area contributed by atoms with Crippen LogP contribution in [0.4, 0.5) is 5.82 Å². The van der Waals surface area contributed by atoms with Crippen molar-refractivity contribution in [1.29, 1.82) is 0 Å². The average molecular weight is 456 g/mol. The van der Waals surface area contributed by atoms with Crippen LogP contribution in [0, 0.1) is 0 Å². The summed E-state index contributed by atoms with van der Waals surface area (Å²) >= 11 is 0.